The van der Waals surface area contributed by atoms with Crippen molar-refractivity contribution in [2.24, 2.45) is 0 Å². The Morgan fingerprint density at radius 3 is 2.52 bits per heavy atom. The van der Waals surface area contributed by atoms with Crippen molar-refractivity contribution in [2.45, 2.75) is 25.4 Å². The van der Waals surface area contributed by atoms with E-state index in [2.05, 4.69) is 10.1 Å². The van der Waals surface area contributed by atoms with Gasteiger partial charge in [-0.25, -0.2) is 9.67 Å². The Morgan fingerprint density at radius 2 is 1.79 bits per heavy atom. The first kappa shape index (κ1) is 18.9. The molecule has 1 atom stereocenters. The van der Waals surface area contributed by atoms with Crippen LogP contribution in [-0.2, 0) is 16.1 Å². The number of benzene rings is 2. The van der Waals surface area contributed by atoms with Gasteiger partial charge >= 0.3 is 0 Å². The molecule has 0 spiro atoms. The normalized spacial score (nSPS) is 16.7. The number of carbonyl (C=O) groups excluding carboxylic acids is 2. The zero-order valence-corrected chi connectivity index (χ0v) is 16.3. The van der Waals surface area contributed by atoms with Gasteiger partial charge in [-0.3, -0.25) is 9.59 Å². The van der Waals surface area contributed by atoms with Crippen molar-refractivity contribution < 1.29 is 9.59 Å². The maximum absolute atomic E-state index is 13.0. The highest BCUT2D eigenvalue weighted by atomic mass is 16.2. The molecule has 0 radical (unpaired) electrons. The molecule has 0 saturated carbocycles. The van der Waals surface area contributed by atoms with Crippen LogP contribution < -0.4 is 4.90 Å². The lowest BCUT2D eigenvalue weighted by Crippen LogP contribution is -2.53. The van der Waals surface area contributed by atoms with Crippen molar-refractivity contribution in [1.82, 2.24) is 19.7 Å². The summed E-state index contributed by atoms with van der Waals surface area (Å²) < 4.78 is 1.52. The highest BCUT2D eigenvalue weighted by Gasteiger charge is 2.34. The Morgan fingerprint density at radius 1 is 1.10 bits per heavy atom. The van der Waals surface area contributed by atoms with Crippen molar-refractivity contribution >= 4 is 17.5 Å². The fourth-order valence-electron chi connectivity index (χ4n) is 3.59. The summed E-state index contributed by atoms with van der Waals surface area (Å²) in [4.78, 5) is 33.4. The Balaban J connectivity index is 1.44. The number of piperidine rings is 1. The third-order valence-electron chi connectivity index (χ3n) is 5.20. The van der Waals surface area contributed by atoms with Crippen LogP contribution in [0.15, 0.2) is 67.0 Å². The molecule has 1 unspecified atom stereocenters. The lowest BCUT2D eigenvalue weighted by Gasteiger charge is -2.36. The number of rotatable bonds is 5. The van der Waals surface area contributed by atoms with Crippen molar-refractivity contribution in [1.29, 1.82) is 0 Å². The average molecular weight is 389 g/mol. The van der Waals surface area contributed by atoms with Crippen LogP contribution in [0.4, 0.5) is 5.69 Å². The summed E-state index contributed by atoms with van der Waals surface area (Å²) in [7, 11) is 1.69. The molecule has 2 heterocycles. The summed E-state index contributed by atoms with van der Waals surface area (Å²) in [6.45, 7) is 0.719. The van der Waals surface area contributed by atoms with Crippen LogP contribution in [0.3, 0.4) is 0 Å². The highest BCUT2D eigenvalue weighted by Crippen LogP contribution is 2.23. The second-order valence-corrected chi connectivity index (χ2v) is 7.12. The van der Waals surface area contributed by atoms with E-state index < -0.39 is 6.04 Å². The lowest BCUT2D eigenvalue weighted by molar-refractivity contribution is -0.139. The van der Waals surface area contributed by atoms with E-state index in [0.717, 1.165) is 17.7 Å². The second-order valence-electron chi connectivity index (χ2n) is 7.12. The molecule has 7 heteroatoms. The zero-order valence-electron chi connectivity index (χ0n) is 16.3. The van der Waals surface area contributed by atoms with Crippen LogP contribution in [0.25, 0.3) is 11.4 Å². The number of carbonyl (C=O) groups is 2. The van der Waals surface area contributed by atoms with Gasteiger partial charge in [0.05, 0.1) is 0 Å². The van der Waals surface area contributed by atoms with E-state index in [1.807, 2.05) is 60.7 Å². The largest absolute Gasteiger partial charge is 0.332 e. The first-order chi connectivity index (χ1) is 14.1. The van der Waals surface area contributed by atoms with Crippen molar-refractivity contribution in [3.8, 4) is 11.4 Å². The molecule has 1 saturated heterocycles. The van der Waals surface area contributed by atoms with Gasteiger partial charge in [0.25, 0.3) is 0 Å². The maximum Gasteiger partial charge on any atom is 0.249 e. The molecular formula is C22H23N5O2. The fraction of sp³-hybridized carbons (Fsp3) is 0.273. The van der Waals surface area contributed by atoms with Gasteiger partial charge in [0.2, 0.25) is 11.8 Å². The van der Waals surface area contributed by atoms with Crippen LogP contribution in [0.5, 0.6) is 0 Å². The minimum absolute atomic E-state index is 0.0399. The predicted octanol–water partition coefficient (Wildman–Crippen LogP) is 2.60. The molecule has 29 heavy (non-hydrogen) atoms. The van der Waals surface area contributed by atoms with Gasteiger partial charge in [-0.05, 0) is 25.0 Å². The van der Waals surface area contributed by atoms with E-state index >= 15 is 0 Å². The van der Waals surface area contributed by atoms with Crippen molar-refractivity contribution in [3.05, 3.63) is 67.0 Å². The summed E-state index contributed by atoms with van der Waals surface area (Å²) >= 11 is 0. The van der Waals surface area contributed by atoms with Gasteiger partial charge < -0.3 is 9.80 Å². The zero-order chi connectivity index (χ0) is 20.2. The standard InChI is InChI=1S/C22H23N5O2/c1-25(19-13-8-14-27(22(19)29)18-11-6-3-7-12-18)20(28)15-26-16-23-21(24-26)17-9-4-2-5-10-17/h2-7,9-12,16,19H,8,13-15H2,1H3. The van der Waals surface area contributed by atoms with E-state index in [1.165, 1.54) is 4.68 Å². The SMILES string of the molecule is CN(C(=O)Cn1cnc(-c2ccccc2)n1)C1CCCN(c2ccccc2)C1=O. The number of amides is 2. The van der Waals surface area contributed by atoms with Gasteiger partial charge in [0.15, 0.2) is 5.82 Å². The van der Waals surface area contributed by atoms with Gasteiger partial charge in [0.1, 0.15) is 18.9 Å². The quantitative estimate of drug-likeness (QED) is 0.673. The van der Waals surface area contributed by atoms with E-state index in [0.29, 0.717) is 18.8 Å². The number of hydrogen-bond donors (Lipinski definition) is 0. The Kier molecular flexibility index (Phi) is 5.37. The number of hydrogen-bond acceptors (Lipinski definition) is 4. The van der Waals surface area contributed by atoms with Crippen LogP contribution in [0.2, 0.25) is 0 Å². The van der Waals surface area contributed by atoms with E-state index in [-0.39, 0.29) is 18.4 Å². The third-order valence-corrected chi connectivity index (χ3v) is 5.20. The minimum atomic E-state index is -0.464. The molecule has 4 rings (SSSR count). The highest BCUT2D eigenvalue weighted by molar-refractivity contribution is 5.99. The number of nitrogens with zero attached hydrogens (tertiary/aromatic N) is 5. The number of likely N-dealkylation sites (N-methyl/N-ethyl adjacent to an activating group) is 1. The first-order valence-corrected chi connectivity index (χ1v) is 9.70. The van der Waals surface area contributed by atoms with E-state index in [1.54, 1.807) is 23.2 Å². The molecule has 148 valence electrons. The molecular weight excluding hydrogens is 366 g/mol. The lowest BCUT2D eigenvalue weighted by atomic mass is 10.0. The monoisotopic (exact) mass is 389 g/mol. The third kappa shape index (κ3) is 4.03. The first-order valence-electron chi connectivity index (χ1n) is 9.70. The summed E-state index contributed by atoms with van der Waals surface area (Å²) in [5, 5.41) is 4.39. The summed E-state index contributed by atoms with van der Waals surface area (Å²) in [5.74, 6) is 0.370. The molecule has 0 bridgehead atoms. The fourth-order valence-corrected chi connectivity index (χ4v) is 3.59. The van der Waals surface area contributed by atoms with Gasteiger partial charge in [-0.1, -0.05) is 48.5 Å². The van der Waals surface area contributed by atoms with E-state index in [9.17, 15) is 9.59 Å². The average Bonchev–Trinajstić information content (AvgIpc) is 3.23. The number of aromatic nitrogens is 3. The molecule has 1 aromatic heterocycles. The maximum atomic E-state index is 13.0. The van der Waals surface area contributed by atoms with Crippen LogP contribution in [-0.4, -0.2) is 51.1 Å². The molecule has 1 aliphatic heterocycles. The predicted molar refractivity (Wildman–Crippen MR) is 110 cm³/mol. The molecule has 2 aromatic carbocycles. The molecule has 1 fully saturated rings. The van der Waals surface area contributed by atoms with Crippen LogP contribution in [0, 0.1) is 0 Å². The van der Waals surface area contributed by atoms with Gasteiger partial charge in [-0.2, -0.15) is 5.10 Å². The van der Waals surface area contributed by atoms with Crippen LogP contribution >= 0.6 is 0 Å². The summed E-state index contributed by atoms with van der Waals surface area (Å²) in [6.07, 6.45) is 3.06. The number of para-hydroxylation sites is 1. The molecule has 3 aromatic rings. The van der Waals surface area contributed by atoms with Crippen LogP contribution in [0.1, 0.15) is 12.8 Å². The Labute approximate surface area is 169 Å². The summed E-state index contributed by atoms with van der Waals surface area (Å²) in [6, 6.07) is 18.7. The Bertz CT molecular complexity index is 987. The summed E-state index contributed by atoms with van der Waals surface area (Å²) in [5.41, 5.74) is 1.76. The van der Waals surface area contributed by atoms with Gasteiger partial charge in [-0.15, -0.1) is 0 Å². The van der Waals surface area contributed by atoms with Crippen molar-refractivity contribution in [3.63, 3.8) is 0 Å². The Hall–Kier alpha value is -3.48. The second kappa shape index (κ2) is 8.26. The van der Waals surface area contributed by atoms with Crippen molar-refractivity contribution in [2.75, 3.05) is 18.5 Å². The van der Waals surface area contributed by atoms with E-state index in [4.69, 9.17) is 0 Å². The number of anilines is 1. The van der Waals surface area contributed by atoms with Gasteiger partial charge in [0, 0.05) is 24.8 Å². The topological polar surface area (TPSA) is 71.3 Å². The molecule has 1 aliphatic rings. The molecule has 0 N–H and O–H groups in total. The minimum Gasteiger partial charge on any atom is -0.332 e. The molecule has 7 nitrogen and oxygen atoms in total. The molecule has 0 aliphatic carbocycles. The molecule has 2 amide bonds. The smallest absolute Gasteiger partial charge is 0.249 e.